The molecule has 5 heterocycles. The summed E-state index contributed by atoms with van der Waals surface area (Å²) in [6.45, 7) is 11.0. The van der Waals surface area contributed by atoms with Crippen molar-refractivity contribution >= 4 is 22.8 Å². The van der Waals surface area contributed by atoms with Crippen LogP contribution in [-0.4, -0.2) is 90.4 Å². The Hall–Kier alpha value is -3.13. The van der Waals surface area contributed by atoms with Crippen LogP contribution in [0.1, 0.15) is 13.3 Å². The Balaban J connectivity index is 1.04. The Morgan fingerprint density at radius 1 is 1.00 bits per heavy atom. The van der Waals surface area contributed by atoms with E-state index >= 15 is 0 Å². The number of hydrogen-bond acceptors (Lipinski definition) is 5. The summed E-state index contributed by atoms with van der Waals surface area (Å²) in [4.78, 5) is 21.6. The number of rotatable bonds is 5. The van der Waals surface area contributed by atoms with Gasteiger partial charge in [-0.05, 0) is 42.8 Å². The van der Waals surface area contributed by atoms with Gasteiger partial charge in [0, 0.05) is 81.4 Å². The summed E-state index contributed by atoms with van der Waals surface area (Å²) < 4.78 is 15.3. The summed E-state index contributed by atoms with van der Waals surface area (Å²) >= 11 is 0. The van der Waals surface area contributed by atoms with Crippen molar-refractivity contribution in [3.05, 3.63) is 48.8 Å². The van der Waals surface area contributed by atoms with Gasteiger partial charge in [0.2, 0.25) is 5.91 Å². The fraction of sp³-hybridized carbons (Fsp3) is 0.500. The second-order valence-corrected chi connectivity index (χ2v) is 11.2. The van der Waals surface area contributed by atoms with Gasteiger partial charge in [0.25, 0.3) is 0 Å². The van der Waals surface area contributed by atoms with Crippen molar-refractivity contribution in [2.75, 3.05) is 68.7 Å². The predicted octanol–water partition coefficient (Wildman–Crippen LogP) is 3.15. The Morgan fingerprint density at radius 3 is 2.39 bits per heavy atom. The monoisotopic (exact) mass is 488 g/mol. The number of alkyl halides is 1. The third-order valence-electron chi connectivity index (χ3n) is 8.63. The highest BCUT2D eigenvalue weighted by Crippen LogP contribution is 2.42. The average Bonchev–Trinajstić information content (AvgIpc) is 3.42. The fourth-order valence-electron chi connectivity index (χ4n) is 6.38. The summed E-state index contributed by atoms with van der Waals surface area (Å²) in [5, 5.41) is 4.55. The molecule has 0 bridgehead atoms. The molecule has 3 aliphatic heterocycles. The Kier molecular flexibility index (Phi) is 5.03. The fourth-order valence-corrected chi connectivity index (χ4v) is 6.38. The quantitative estimate of drug-likeness (QED) is 0.552. The highest BCUT2D eigenvalue weighted by atomic mass is 19.1. The van der Waals surface area contributed by atoms with E-state index in [9.17, 15) is 9.18 Å². The van der Waals surface area contributed by atoms with Crippen molar-refractivity contribution in [3.63, 3.8) is 0 Å². The van der Waals surface area contributed by atoms with Crippen molar-refractivity contribution in [1.82, 2.24) is 19.4 Å². The van der Waals surface area contributed by atoms with E-state index in [1.54, 1.807) is 0 Å². The van der Waals surface area contributed by atoms with Gasteiger partial charge in [0.1, 0.15) is 6.17 Å². The summed E-state index contributed by atoms with van der Waals surface area (Å²) in [7, 11) is 0. The van der Waals surface area contributed by atoms with E-state index in [1.807, 2.05) is 15.6 Å². The summed E-state index contributed by atoms with van der Waals surface area (Å²) in [5.41, 5.74) is 6.37. The van der Waals surface area contributed by atoms with Crippen LogP contribution in [0.5, 0.6) is 0 Å². The van der Waals surface area contributed by atoms with Crippen LogP contribution < -0.4 is 9.80 Å². The van der Waals surface area contributed by atoms with Gasteiger partial charge < -0.3 is 19.6 Å². The lowest BCUT2D eigenvalue weighted by Crippen LogP contribution is -2.72. The first-order valence-corrected chi connectivity index (χ1v) is 13.2. The minimum Gasteiger partial charge on any atom is -0.370 e. The molecule has 36 heavy (non-hydrogen) atoms. The lowest BCUT2D eigenvalue weighted by atomic mass is 9.72. The molecule has 3 saturated heterocycles. The topological polar surface area (TPSA) is 47.3 Å². The number of carbonyl (C=O) groups is 1. The zero-order valence-electron chi connectivity index (χ0n) is 20.8. The zero-order chi connectivity index (χ0) is 24.4. The standard InChI is InChI=1S/C28H33FN6O/c1-2-31-16-28(17-31)18-34(19-28)22-5-3-20(4-6-22)21-13-26-25(7-8-30-35(26)15-21)32-9-11-33(12-10-32)27(36)23-14-24(23)29/h3-8,13,15,23-24H,2,9-12,14,16-19H2,1H3/t23-,24-/m1/s1. The van der Waals surface area contributed by atoms with E-state index in [2.05, 4.69) is 69.3 Å². The molecule has 1 aliphatic carbocycles. The molecule has 1 spiro atoms. The van der Waals surface area contributed by atoms with Crippen molar-refractivity contribution < 1.29 is 9.18 Å². The molecule has 3 aromatic rings. The van der Waals surface area contributed by atoms with Gasteiger partial charge in [0.15, 0.2) is 0 Å². The molecule has 8 heteroatoms. The molecule has 1 amide bonds. The molecule has 0 radical (unpaired) electrons. The number of aromatic nitrogens is 2. The number of hydrogen-bond donors (Lipinski definition) is 0. The van der Waals surface area contributed by atoms with Crippen molar-refractivity contribution in [1.29, 1.82) is 0 Å². The number of nitrogens with zero attached hydrogens (tertiary/aromatic N) is 6. The minimum atomic E-state index is -0.930. The van der Waals surface area contributed by atoms with E-state index in [4.69, 9.17) is 0 Å². The lowest BCUT2D eigenvalue weighted by molar-refractivity contribution is -0.133. The first kappa shape index (κ1) is 22.1. The van der Waals surface area contributed by atoms with E-state index in [-0.39, 0.29) is 5.91 Å². The minimum absolute atomic E-state index is 0.0144. The smallest absolute Gasteiger partial charge is 0.228 e. The number of piperazine rings is 1. The van der Waals surface area contributed by atoms with Crippen LogP contribution in [0.4, 0.5) is 15.8 Å². The van der Waals surface area contributed by atoms with Crippen LogP contribution in [0.2, 0.25) is 0 Å². The number of halogens is 1. The normalized spacial score (nSPS) is 25.2. The number of carbonyl (C=O) groups excluding carboxylic acids is 1. The molecule has 7 rings (SSSR count). The Morgan fingerprint density at radius 2 is 1.72 bits per heavy atom. The molecular formula is C28H33FN6O. The van der Waals surface area contributed by atoms with Crippen LogP contribution in [0, 0.1) is 11.3 Å². The molecular weight excluding hydrogens is 455 g/mol. The van der Waals surface area contributed by atoms with Crippen LogP contribution in [0.15, 0.2) is 48.8 Å². The second kappa shape index (κ2) is 8.20. The number of benzene rings is 1. The Bertz CT molecular complexity index is 1280. The summed E-state index contributed by atoms with van der Waals surface area (Å²) in [6.07, 6.45) is 3.40. The van der Waals surface area contributed by atoms with Crippen molar-refractivity contribution in [2.45, 2.75) is 19.5 Å². The predicted molar refractivity (Wildman–Crippen MR) is 139 cm³/mol. The summed E-state index contributed by atoms with van der Waals surface area (Å²) in [6, 6.07) is 13.2. The SMILES string of the molecule is CCN1CC2(C1)CN(c1ccc(-c3cc4c(N5CCN(C(=O)[C@@H]6C[C@H]6F)CC5)ccnn4c3)cc1)C2. The number of likely N-dealkylation sites (tertiary alicyclic amines) is 1. The molecule has 2 aromatic heterocycles. The molecule has 4 fully saturated rings. The maximum absolute atomic E-state index is 13.3. The van der Waals surface area contributed by atoms with Crippen LogP contribution in [0.25, 0.3) is 16.6 Å². The number of amides is 1. The largest absolute Gasteiger partial charge is 0.370 e. The second-order valence-electron chi connectivity index (χ2n) is 11.2. The first-order valence-electron chi connectivity index (χ1n) is 13.2. The lowest BCUT2D eigenvalue weighted by Gasteiger charge is -2.61. The molecule has 2 atom stereocenters. The molecule has 0 unspecified atom stereocenters. The molecule has 188 valence electrons. The van der Waals surface area contributed by atoms with E-state index < -0.39 is 12.1 Å². The maximum Gasteiger partial charge on any atom is 0.228 e. The highest BCUT2D eigenvalue weighted by molar-refractivity contribution is 5.83. The van der Waals surface area contributed by atoms with E-state index in [0.717, 1.165) is 36.4 Å². The molecule has 1 aromatic carbocycles. The summed E-state index contributed by atoms with van der Waals surface area (Å²) in [5.74, 6) is -0.407. The van der Waals surface area contributed by atoms with E-state index in [1.165, 1.54) is 37.4 Å². The van der Waals surface area contributed by atoms with Crippen molar-refractivity contribution in [3.8, 4) is 11.1 Å². The molecule has 1 saturated carbocycles. The van der Waals surface area contributed by atoms with Gasteiger partial charge in [-0.1, -0.05) is 19.1 Å². The van der Waals surface area contributed by atoms with Crippen molar-refractivity contribution in [2.24, 2.45) is 11.3 Å². The zero-order valence-corrected chi connectivity index (χ0v) is 20.8. The third kappa shape index (κ3) is 3.65. The number of anilines is 2. The first-order chi connectivity index (χ1) is 17.5. The number of fused-ring (bicyclic) bond motifs is 1. The maximum atomic E-state index is 13.3. The van der Waals surface area contributed by atoms with Gasteiger partial charge in [0.05, 0.1) is 17.1 Å². The molecule has 0 N–H and O–H groups in total. The van der Waals surface area contributed by atoms with Gasteiger partial charge in [-0.3, -0.25) is 4.79 Å². The third-order valence-corrected chi connectivity index (χ3v) is 8.63. The van der Waals surface area contributed by atoms with Gasteiger partial charge >= 0.3 is 0 Å². The van der Waals surface area contributed by atoms with Gasteiger partial charge in [-0.25, -0.2) is 8.91 Å². The van der Waals surface area contributed by atoms with Gasteiger partial charge in [-0.2, -0.15) is 5.10 Å². The van der Waals surface area contributed by atoms with Crippen LogP contribution in [-0.2, 0) is 4.79 Å². The van der Waals surface area contributed by atoms with Crippen LogP contribution >= 0.6 is 0 Å². The molecule has 7 nitrogen and oxygen atoms in total. The Labute approximate surface area is 211 Å². The molecule has 4 aliphatic rings. The van der Waals surface area contributed by atoms with Gasteiger partial charge in [-0.15, -0.1) is 0 Å². The average molecular weight is 489 g/mol. The van der Waals surface area contributed by atoms with E-state index in [0.29, 0.717) is 24.9 Å². The van der Waals surface area contributed by atoms with Crippen LogP contribution in [0.3, 0.4) is 0 Å². The highest BCUT2D eigenvalue weighted by Gasteiger charge is 2.51.